The lowest BCUT2D eigenvalue weighted by Crippen LogP contribution is -2.43. The van der Waals surface area contributed by atoms with Crippen molar-refractivity contribution in [3.05, 3.63) is 11.5 Å². The Kier molecular flexibility index (Phi) is 2.13. The van der Waals surface area contributed by atoms with Crippen LogP contribution in [0, 0.1) is 0 Å². The maximum absolute atomic E-state index is 11.2. The molecule has 0 unspecified atom stereocenters. The fourth-order valence-corrected chi connectivity index (χ4v) is 2.07. The van der Waals surface area contributed by atoms with Gasteiger partial charge in [0, 0.05) is 0 Å². The molecule has 0 aromatic rings. The van der Waals surface area contributed by atoms with Crippen LogP contribution in [0.4, 0.5) is 0 Å². The lowest BCUT2D eigenvalue weighted by atomic mass is 9.93. The van der Waals surface area contributed by atoms with Crippen LogP contribution in [0.25, 0.3) is 0 Å². The number of ether oxygens (including phenoxy) is 2. The lowest BCUT2D eigenvalue weighted by molar-refractivity contribution is -0.154. The normalized spacial score (nSPS) is 23.2. The van der Waals surface area contributed by atoms with Crippen molar-refractivity contribution in [2.45, 2.75) is 38.2 Å². The van der Waals surface area contributed by atoms with Gasteiger partial charge in [0.15, 0.2) is 11.4 Å². The molecule has 1 aliphatic heterocycles. The highest BCUT2D eigenvalue weighted by Gasteiger charge is 2.52. The largest absolute Gasteiger partial charge is 0.505 e. The van der Waals surface area contributed by atoms with Gasteiger partial charge < -0.3 is 14.6 Å². The van der Waals surface area contributed by atoms with E-state index < -0.39 is 11.6 Å². The molecular weight excluding hydrogens is 184 g/mol. The summed E-state index contributed by atoms with van der Waals surface area (Å²) in [6, 6.07) is 0. The summed E-state index contributed by atoms with van der Waals surface area (Å²) in [5.41, 5.74) is -0.540. The second kappa shape index (κ2) is 3.19. The maximum Gasteiger partial charge on any atom is 0.377 e. The van der Waals surface area contributed by atoms with Crippen LogP contribution in [0.5, 0.6) is 0 Å². The smallest absolute Gasteiger partial charge is 0.377 e. The fourth-order valence-electron chi connectivity index (χ4n) is 2.07. The van der Waals surface area contributed by atoms with Crippen LogP contribution in [0.2, 0.25) is 0 Å². The van der Waals surface area contributed by atoms with Crippen molar-refractivity contribution in [1.82, 2.24) is 0 Å². The molecule has 1 heterocycles. The van der Waals surface area contributed by atoms with E-state index in [0.29, 0.717) is 6.61 Å². The number of hydrogen-bond acceptors (Lipinski definition) is 4. The van der Waals surface area contributed by atoms with E-state index in [1.807, 2.05) is 0 Å². The minimum atomic E-state index is -0.553. The molecule has 4 heteroatoms. The summed E-state index contributed by atoms with van der Waals surface area (Å²) >= 11 is 0. The van der Waals surface area contributed by atoms with Crippen LogP contribution in [0.3, 0.4) is 0 Å². The van der Waals surface area contributed by atoms with E-state index in [2.05, 4.69) is 0 Å². The fraction of sp³-hybridized carbons (Fsp3) is 0.700. The molecule has 0 bridgehead atoms. The number of rotatable bonds is 2. The molecule has 1 spiro atoms. The lowest BCUT2D eigenvalue weighted by Gasteiger charge is -2.38. The van der Waals surface area contributed by atoms with Crippen molar-refractivity contribution in [3.63, 3.8) is 0 Å². The number of carbonyl (C=O) groups excluding carboxylic acids is 1. The molecule has 0 aromatic heterocycles. The van der Waals surface area contributed by atoms with Gasteiger partial charge in [0.1, 0.15) is 0 Å². The van der Waals surface area contributed by atoms with Crippen LogP contribution in [-0.4, -0.2) is 23.3 Å². The van der Waals surface area contributed by atoms with E-state index in [0.717, 1.165) is 25.7 Å². The zero-order valence-corrected chi connectivity index (χ0v) is 8.21. The van der Waals surface area contributed by atoms with Crippen molar-refractivity contribution in [2.75, 3.05) is 6.61 Å². The Hall–Kier alpha value is -1.19. The predicted octanol–water partition coefficient (Wildman–Crippen LogP) is 1.66. The van der Waals surface area contributed by atoms with Crippen LogP contribution >= 0.6 is 0 Å². The van der Waals surface area contributed by atoms with Gasteiger partial charge in [-0.2, -0.15) is 0 Å². The summed E-state index contributed by atoms with van der Waals surface area (Å²) in [6.07, 6.45) is 3.70. The van der Waals surface area contributed by atoms with Gasteiger partial charge in [0.05, 0.1) is 6.61 Å². The van der Waals surface area contributed by atoms with Crippen LogP contribution in [0.15, 0.2) is 11.5 Å². The highest BCUT2D eigenvalue weighted by atomic mass is 16.6. The van der Waals surface area contributed by atoms with Crippen LogP contribution < -0.4 is 0 Å². The van der Waals surface area contributed by atoms with Gasteiger partial charge in [-0.05, 0) is 32.6 Å². The third kappa shape index (κ3) is 1.17. The molecular formula is C10H14O4. The summed E-state index contributed by atoms with van der Waals surface area (Å²) in [5, 5.41) is 9.71. The first-order chi connectivity index (χ1) is 6.69. The monoisotopic (exact) mass is 198 g/mol. The Morgan fingerprint density at radius 2 is 2.21 bits per heavy atom. The van der Waals surface area contributed by atoms with E-state index in [-0.39, 0.29) is 11.5 Å². The van der Waals surface area contributed by atoms with Gasteiger partial charge in [0.25, 0.3) is 0 Å². The molecule has 1 saturated carbocycles. The van der Waals surface area contributed by atoms with Gasteiger partial charge in [0.2, 0.25) is 5.76 Å². The third-order valence-corrected chi connectivity index (χ3v) is 2.82. The molecule has 0 saturated heterocycles. The first-order valence-electron chi connectivity index (χ1n) is 4.99. The third-order valence-electron chi connectivity index (χ3n) is 2.82. The Morgan fingerprint density at radius 1 is 1.57 bits per heavy atom. The SMILES string of the molecule is CCOC(=O)C1=C(O)C2(CCCC2)O1. The Balaban J connectivity index is 2.10. The molecule has 1 aliphatic carbocycles. The number of carbonyl (C=O) groups is 1. The summed E-state index contributed by atoms with van der Waals surface area (Å²) in [6.45, 7) is 2.02. The number of aliphatic hydroxyl groups is 1. The summed E-state index contributed by atoms with van der Waals surface area (Å²) in [4.78, 5) is 11.2. The maximum atomic E-state index is 11.2. The van der Waals surface area contributed by atoms with E-state index >= 15 is 0 Å². The van der Waals surface area contributed by atoms with Gasteiger partial charge in [-0.3, -0.25) is 0 Å². The number of aliphatic hydroxyl groups excluding tert-OH is 1. The second-order valence-corrected chi connectivity index (χ2v) is 3.70. The van der Waals surface area contributed by atoms with E-state index in [1.165, 1.54) is 0 Å². The van der Waals surface area contributed by atoms with Gasteiger partial charge in [-0.1, -0.05) is 0 Å². The molecule has 0 aromatic carbocycles. The quantitative estimate of drug-likeness (QED) is 0.685. The first-order valence-corrected chi connectivity index (χ1v) is 4.99. The van der Waals surface area contributed by atoms with E-state index in [9.17, 15) is 9.90 Å². The molecule has 2 rings (SSSR count). The highest BCUT2D eigenvalue weighted by Crippen LogP contribution is 2.47. The molecule has 78 valence electrons. The summed E-state index contributed by atoms with van der Waals surface area (Å²) in [5.74, 6) is -0.454. The van der Waals surface area contributed by atoms with Crippen molar-refractivity contribution >= 4 is 5.97 Å². The highest BCUT2D eigenvalue weighted by molar-refractivity contribution is 5.88. The average molecular weight is 198 g/mol. The average Bonchev–Trinajstić information content (AvgIpc) is 2.65. The number of hydrogen-bond donors (Lipinski definition) is 1. The molecule has 4 nitrogen and oxygen atoms in total. The predicted molar refractivity (Wildman–Crippen MR) is 48.6 cm³/mol. The topological polar surface area (TPSA) is 55.8 Å². The molecule has 0 atom stereocenters. The molecule has 1 N–H and O–H groups in total. The Morgan fingerprint density at radius 3 is 2.71 bits per heavy atom. The number of esters is 1. The first kappa shape index (κ1) is 9.37. The van der Waals surface area contributed by atoms with Gasteiger partial charge in [-0.25, -0.2) is 4.79 Å². The standard InChI is InChI=1S/C10H14O4/c1-2-13-9(12)7-8(11)10(14-7)5-3-4-6-10/h11H,2-6H2,1H3. The minimum absolute atomic E-state index is 0.00810. The van der Waals surface area contributed by atoms with Gasteiger partial charge >= 0.3 is 5.97 Å². The van der Waals surface area contributed by atoms with Crippen molar-refractivity contribution in [3.8, 4) is 0 Å². The van der Waals surface area contributed by atoms with Crippen LogP contribution in [-0.2, 0) is 14.3 Å². The van der Waals surface area contributed by atoms with Crippen molar-refractivity contribution in [1.29, 1.82) is 0 Å². The van der Waals surface area contributed by atoms with Crippen LogP contribution in [0.1, 0.15) is 32.6 Å². The zero-order chi connectivity index (χ0) is 10.2. The molecule has 0 radical (unpaired) electrons. The van der Waals surface area contributed by atoms with E-state index in [1.54, 1.807) is 6.92 Å². The summed E-state index contributed by atoms with van der Waals surface area (Å²) in [7, 11) is 0. The van der Waals surface area contributed by atoms with Crippen molar-refractivity contribution in [2.24, 2.45) is 0 Å². The Labute approximate surface area is 82.5 Å². The zero-order valence-electron chi connectivity index (χ0n) is 8.21. The Bertz CT molecular complexity index is 286. The van der Waals surface area contributed by atoms with E-state index in [4.69, 9.17) is 9.47 Å². The summed E-state index contributed by atoms with van der Waals surface area (Å²) < 4.78 is 10.1. The van der Waals surface area contributed by atoms with Crippen molar-refractivity contribution < 1.29 is 19.4 Å². The molecule has 14 heavy (non-hydrogen) atoms. The molecule has 0 amide bonds. The molecule has 1 fully saturated rings. The minimum Gasteiger partial charge on any atom is -0.505 e. The molecule has 2 aliphatic rings. The second-order valence-electron chi connectivity index (χ2n) is 3.70. The van der Waals surface area contributed by atoms with Gasteiger partial charge in [-0.15, -0.1) is 0 Å².